The van der Waals surface area contributed by atoms with E-state index < -0.39 is 5.82 Å². The molecule has 2 rings (SSSR count). The van der Waals surface area contributed by atoms with Gasteiger partial charge in [0.05, 0.1) is 11.9 Å². The highest BCUT2D eigenvalue weighted by Crippen LogP contribution is 2.16. The molecule has 0 unspecified atom stereocenters. The normalized spacial score (nSPS) is 10.1. The van der Waals surface area contributed by atoms with E-state index in [2.05, 4.69) is 15.0 Å². The molecular formula is C9H7FN4. The molecule has 0 aromatic carbocycles. The Bertz CT molecular complexity index is 415. The molecule has 0 aliphatic rings. The molecule has 2 N–H and O–H groups in total. The molecule has 2 aromatic heterocycles. The lowest BCUT2D eigenvalue weighted by Gasteiger charge is -1.99. The molecule has 0 atom stereocenters. The van der Waals surface area contributed by atoms with Crippen molar-refractivity contribution in [2.45, 2.75) is 0 Å². The van der Waals surface area contributed by atoms with E-state index in [9.17, 15) is 4.39 Å². The molecule has 0 radical (unpaired) electrons. The summed E-state index contributed by atoms with van der Waals surface area (Å²) >= 11 is 0. The molecule has 0 aliphatic carbocycles. The van der Waals surface area contributed by atoms with Gasteiger partial charge in [0.15, 0.2) is 0 Å². The number of anilines is 1. The van der Waals surface area contributed by atoms with Crippen LogP contribution >= 0.6 is 0 Å². The van der Waals surface area contributed by atoms with Crippen molar-refractivity contribution < 1.29 is 4.39 Å². The lowest BCUT2D eigenvalue weighted by molar-refractivity contribution is 0.622. The summed E-state index contributed by atoms with van der Waals surface area (Å²) < 4.78 is 12.8. The minimum atomic E-state index is -0.403. The first-order valence-electron chi connectivity index (χ1n) is 3.94. The first-order chi connectivity index (χ1) is 6.75. The van der Waals surface area contributed by atoms with Crippen LogP contribution in [0.5, 0.6) is 0 Å². The van der Waals surface area contributed by atoms with Crippen LogP contribution < -0.4 is 5.73 Å². The van der Waals surface area contributed by atoms with Crippen LogP contribution in [0.1, 0.15) is 0 Å². The Morgan fingerprint density at radius 2 is 2.00 bits per heavy atom. The summed E-state index contributed by atoms with van der Waals surface area (Å²) in [5, 5.41) is 0. The summed E-state index contributed by atoms with van der Waals surface area (Å²) in [6.07, 6.45) is 3.98. The third kappa shape index (κ3) is 1.66. The van der Waals surface area contributed by atoms with Crippen molar-refractivity contribution in [2.75, 3.05) is 5.73 Å². The highest BCUT2D eigenvalue weighted by molar-refractivity contribution is 5.60. The first kappa shape index (κ1) is 8.55. The predicted molar refractivity (Wildman–Crippen MR) is 49.6 cm³/mol. The number of halogens is 1. The Kier molecular flexibility index (Phi) is 2.06. The number of nitrogens with two attached hydrogens (primary N) is 1. The Balaban J connectivity index is 2.49. The van der Waals surface area contributed by atoms with E-state index in [4.69, 9.17) is 5.73 Å². The summed E-state index contributed by atoms with van der Waals surface area (Å²) in [4.78, 5) is 11.4. The van der Waals surface area contributed by atoms with Crippen LogP contribution in [0.25, 0.3) is 11.3 Å². The quantitative estimate of drug-likeness (QED) is 0.735. The number of hydrogen-bond donors (Lipinski definition) is 1. The number of rotatable bonds is 1. The molecule has 0 saturated carbocycles. The maximum Gasteiger partial charge on any atom is 0.142 e. The second-order valence-electron chi connectivity index (χ2n) is 2.72. The smallest absolute Gasteiger partial charge is 0.142 e. The van der Waals surface area contributed by atoms with Crippen molar-refractivity contribution in [2.24, 2.45) is 0 Å². The summed E-state index contributed by atoms with van der Waals surface area (Å²) in [6, 6.07) is 2.91. The highest BCUT2D eigenvalue weighted by Gasteiger charge is 2.01. The van der Waals surface area contributed by atoms with E-state index >= 15 is 0 Å². The molecular weight excluding hydrogens is 183 g/mol. The van der Waals surface area contributed by atoms with Gasteiger partial charge in [-0.15, -0.1) is 0 Å². The van der Waals surface area contributed by atoms with Crippen molar-refractivity contribution in [1.82, 2.24) is 15.0 Å². The second-order valence-corrected chi connectivity index (χ2v) is 2.72. The predicted octanol–water partition coefficient (Wildman–Crippen LogP) is 1.26. The third-order valence-corrected chi connectivity index (χ3v) is 1.69. The van der Waals surface area contributed by atoms with Gasteiger partial charge in [-0.25, -0.2) is 14.4 Å². The van der Waals surface area contributed by atoms with Crippen molar-refractivity contribution in [3.05, 3.63) is 36.7 Å². The zero-order chi connectivity index (χ0) is 9.97. The number of aromatic nitrogens is 3. The standard InChI is InChI=1S/C9H7FN4/c10-7-1-6(3-12-4-7)8-2-9(11)14-5-13-8/h1-5H,(H2,11,13,14). The minimum absolute atomic E-state index is 0.347. The van der Waals surface area contributed by atoms with Crippen LogP contribution in [0.4, 0.5) is 10.2 Å². The van der Waals surface area contributed by atoms with E-state index in [0.717, 1.165) is 6.20 Å². The topological polar surface area (TPSA) is 64.7 Å². The molecule has 0 amide bonds. The third-order valence-electron chi connectivity index (χ3n) is 1.69. The van der Waals surface area contributed by atoms with Crippen molar-refractivity contribution in [1.29, 1.82) is 0 Å². The Labute approximate surface area is 79.7 Å². The molecule has 70 valence electrons. The zero-order valence-electron chi connectivity index (χ0n) is 7.18. The van der Waals surface area contributed by atoms with Gasteiger partial charge in [-0.2, -0.15) is 0 Å². The van der Waals surface area contributed by atoms with Gasteiger partial charge < -0.3 is 5.73 Å². The monoisotopic (exact) mass is 190 g/mol. The zero-order valence-corrected chi connectivity index (χ0v) is 7.18. The van der Waals surface area contributed by atoms with Crippen LogP contribution in [0.15, 0.2) is 30.9 Å². The van der Waals surface area contributed by atoms with Crippen LogP contribution in [-0.2, 0) is 0 Å². The summed E-state index contributed by atoms with van der Waals surface area (Å²) in [7, 11) is 0. The number of pyridine rings is 1. The first-order valence-corrected chi connectivity index (χ1v) is 3.94. The fourth-order valence-electron chi connectivity index (χ4n) is 1.08. The fraction of sp³-hybridized carbons (Fsp3) is 0. The van der Waals surface area contributed by atoms with Gasteiger partial charge >= 0.3 is 0 Å². The van der Waals surface area contributed by atoms with Gasteiger partial charge in [0.25, 0.3) is 0 Å². The van der Waals surface area contributed by atoms with Gasteiger partial charge in [-0.05, 0) is 6.07 Å². The van der Waals surface area contributed by atoms with E-state index in [1.807, 2.05) is 0 Å². The second kappa shape index (κ2) is 3.37. The van der Waals surface area contributed by atoms with Crippen LogP contribution in [0.2, 0.25) is 0 Å². The summed E-state index contributed by atoms with van der Waals surface area (Å²) in [5.74, 6) is -0.0565. The maximum absolute atomic E-state index is 12.8. The number of hydrogen-bond acceptors (Lipinski definition) is 4. The molecule has 4 nitrogen and oxygen atoms in total. The fourth-order valence-corrected chi connectivity index (χ4v) is 1.08. The lowest BCUT2D eigenvalue weighted by Crippen LogP contribution is -1.93. The van der Waals surface area contributed by atoms with E-state index in [0.29, 0.717) is 17.1 Å². The van der Waals surface area contributed by atoms with Gasteiger partial charge in [-0.1, -0.05) is 0 Å². The molecule has 0 saturated heterocycles. The van der Waals surface area contributed by atoms with E-state index in [1.54, 1.807) is 6.07 Å². The largest absolute Gasteiger partial charge is 0.384 e. The summed E-state index contributed by atoms with van der Waals surface area (Å²) in [6.45, 7) is 0. The number of nitrogens with zero attached hydrogens (tertiary/aromatic N) is 3. The SMILES string of the molecule is Nc1cc(-c2cncc(F)c2)ncn1. The van der Waals surface area contributed by atoms with Crippen molar-refractivity contribution in [3.8, 4) is 11.3 Å². The Morgan fingerprint density at radius 3 is 2.71 bits per heavy atom. The van der Waals surface area contributed by atoms with Crippen LogP contribution in [-0.4, -0.2) is 15.0 Å². The van der Waals surface area contributed by atoms with E-state index in [1.165, 1.54) is 18.6 Å². The molecule has 5 heteroatoms. The van der Waals surface area contributed by atoms with Crippen molar-refractivity contribution in [3.63, 3.8) is 0 Å². The Morgan fingerprint density at radius 1 is 1.14 bits per heavy atom. The van der Waals surface area contributed by atoms with Gasteiger partial charge in [0, 0.05) is 17.8 Å². The Hall–Kier alpha value is -2.04. The average Bonchev–Trinajstić information content (AvgIpc) is 2.18. The van der Waals surface area contributed by atoms with Gasteiger partial charge in [0.1, 0.15) is 18.0 Å². The molecule has 14 heavy (non-hydrogen) atoms. The molecule has 0 fully saturated rings. The molecule has 0 aliphatic heterocycles. The van der Waals surface area contributed by atoms with Crippen molar-refractivity contribution >= 4 is 5.82 Å². The minimum Gasteiger partial charge on any atom is -0.384 e. The van der Waals surface area contributed by atoms with Crippen LogP contribution in [0, 0.1) is 5.82 Å². The maximum atomic E-state index is 12.8. The molecule has 2 heterocycles. The molecule has 2 aromatic rings. The molecule has 0 bridgehead atoms. The van der Waals surface area contributed by atoms with Gasteiger partial charge in [0.2, 0.25) is 0 Å². The molecule has 0 spiro atoms. The van der Waals surface area contributed by atoms with Gasteiger partial charge in [-0.3, -0.25) is 4.98 Å². The van der Waals surface area contributed by atoms with Crippen LogP contribution in [0.3, 0.4) is 0 Å². The number of nitrogen functional groups attached to an aromatic ring is 1. The van der Waals surface area contributed by atoms with E-state index in [-0.39, 0.29) is 0 Å². The summed E-state index contributed by atoms with van der Waals surface area (Å²) in [5.41, 5.74) is 6.61. The lowest BCUT2D eigenvalue weighted by atomic mass is 10.2. The highest BCUT2D eigenvalue weighted by atomic mass is 19.1. The average molecular weight is 190 g/mol.